The van der Waals surface area contributed by atoms with E-state index >= 15 is 0 Å². The topological polar surface area (TPSA) is 62.5 Å². The minimum atomic E-state index is -0.290. The molecule has 8 heteroatoms. The van der Waals surface area contributed by atoms with Crippen LogP contribution >= 0.6 is 11.6 Å². The highest BCUT2D eigenvalue weighted by Gasteiger charge is 2.26. The van der Waals surface area contributed by atoms with Crippen LogP contribution < -0.4 is 4.90 Å². The maximum atomic E-state index is 13.1. The molecule has 3 aromatic rings. The quantitative estimate of drug-likeness (QED) is 0.689. The molecule has 0 N–H and O–H groups in total. The summed E-state index contributed by atoms with van der Waals surface area (Å²) in [4.78, 5) is 16.4. The van der Waals surface area contributed by atoms with Gasteiger partial charge in [-0.25, -0.2) is 4.39 Å². The monoisotopic (exact) mass is 386 g/mol. The van der Waals surface area contributed by atoms with E-state index < -0.39 is 0 Å². The Morgan fingerprint density at radius 1 is 0.963 bits per heavy atom. The summed E-state index contributed by atoms with van der Waals surface area (Å²) in [6, 6.07) is 13.3. The molecule has 2 aromatic carbocycles. The Balaban J connectivity index is 1.41. The van der Waals surface area contributed by atoms with Gasteiger partial charge in [0.2, 0.25) is 5.89 Å². The Hall–Kier alpha value is -2.93. The van der Waals surface area contributed by atoms with Crippen LogP contribution in [0.25, 0.3) is 11.5 Å². The van der Waals surface area contributed by atoms with E-state index in [2.05, 4.69) is 15.1 Å². The molecule has 0 unspecified atom stereocenters. The Morgan fingerprint density at radius 3 is 2.30 bits per heavy atom. The van der Waals surface area contributed by atoms with E-state index in [-0.39, 0.29) is 23.5 Å². The molecule has 1 amide bonds. The largest absolute Gasteiger partial charge is 0.412 e. The van der Waals surface area contributed by atoms with Crippen molar-refractivity contribution in [1.29, 1.82) is 0 Å². The number of halogens is 2. The number of carbonyl (C=O) groups excluding carboxylic acids is 1. The van der Waals surface area contributed by atoms with Gasteiger partial charge in [-0.1, -0.05) is 11.6 Å². The lowest BCUT2D eigenvalue weighted by Crippen LogP contribution is -2.48. The molecule has 6 nitrogen and oxygen atoms in total. The number of nitrogens with zero attached hydrogens (tertiary/aromatic N) is 4. The number of amides is 1. The summed E-state index contributed by atoms with van der Waals surface area (Å²) < 4.78 is 18.6. The van der Waals surface area contributed by atoms with Gasteiger partial charge < -0.3 is 14.2 Å². The van der Waals surface area contributed by atoms with Crippen molar-refractivity contribution in [2.45, 2.75) is 0 Å². The van der Waals surface area contributed by atoms with E-state index in [0.29, 0.717) is 36.8 Å². The molecule has 0 aliphatic carbocycles. The Bertz CT molecular complexity index is 935. The highest BCUT2D eigenvalue weighted by atomic mass is 35.5. The first-order valence-corrected chi connectivity index (χ1v) is 8.87. The van der Waals surface area contributed by atoms with Crippen LogP contribution in [-0.4, -0.2) is 47.2 Å². The number of carbonyl (C=O) groups is 1. The minimum Gasteiger partial charge on any atom is -0.412 e. The molecule has 1 fully saturated rings. The Kier molecular flexibility index (Phi) is 4.77. The van der Waals surface area contributed by atoms with E-state index in [4.69, 9.17) is 16.0 Å². The van der Waals surface area contributed by atoms with Crippen LogP contribution in [0.1, 0.15) is 10.7 Å². The van der Waals surface area contributed by atoms with Gasteiger partial charge in [0, 0.05) is 42.5 Å². The minimum absolute atomic E-state index is 0.0322. The molecule has 1 aliphatic heterocycles. The summed E-state index contributed by atoms with van der Waals surface area (Å²) in [6.45, 7) is 2.34. The maximum absolute atomic E-state index is 13.1. The number of hydrogen-bond donors (Lipinski definition) is 0. The molecule has 0 radical (unpaired) electrons. The maximum Gasteiger partial charge on any atom is 0.311 e. The molecule has 27 heavy (non-hydrogen) atoms. The number of piperazine rings is 1. The fraction of sp³-hybridized carbons (Fsp3) is 0.211. The van der Waals surface area contributed by atoms with Gasteiger partial charge in [0.15, 0.2) is 0 Å². The molecule has 1 aromatic heterocycles. The Labute approximate surface area is 160 Å². The van der Waals surface area contributed by atoms with Crippen molar-refractivity contribution in [2.75, 3.05) is 31.1 Å². The fourth-order valence-electron chi connectivity index (χ4n) is 2.97. The second kappa shape index (κ2) is 7.36. The van der Waals surface area contributed by atoms with Gasteiger partial charge in [-0.2, -0.15) is 0 Å². The third-order valence-corrected chi connectivity index (χ3v) is 4.71. The van der Waals surface area contributed by atoms with E-state index in [1.165, 1.54) is 12.1 Å². The van der Waals surface area contributed by atoms with Crippen molar-refractivity contribution in [3.05, 3.63) is 65.3 Å². The second-order valence-electron chi connectivity index (χ2n) is 6.17. The first-order valence-electron chi connectivity index (χ1n) is 8.49. The lowest BCUT2D eigenvalue weighted by atomic mass is 10.2. The number of hydrogen-bond acceptors (Lipinski definition) is 5. The highest BCUT2D eigenvalue weighted by Crippen LogP contribution is 2.22. The standard InChI is InChI=1S/C19H16ClFN4O2/c20-14-3-1-13(2-4-14)17-22-23-18(27-17)19(26)25-11-9-24(10-12-25)16-7-5-15(21)6-8-16/h1-8H,9-12H2. The van der Waals surface area contributed by atoms with E-state index in [1.807, 2.05) is 0 Å². The molecular weight excluding hydrogens is 371 g/mol. The molecule has 0 atom stereocenters. The third kappa shape index (κ3) is 3.78. The van der Waals surface area contributed by atoms with Crippen molar-refractivity contribution in [2.24, 2.45) is 0 Å². The van der Waals surface area contributed by atoms with Gasteiger partial charge in [0.1, 0.15) is 5.82 Å². The zero-order chi connectivity index (χ0) is 18.8. The zero-order valence-corrected chi connectivity index (χ0v) is 15.1. The van der Waals surface area contributed by atoms with Crippen LogP contribution in [0.5, 0.6) is 0 Å². The van der Waals surface area contributed by atoms with E-state index in [0.717, 1.165) is 5.69 Å². The molecule has 1 saturated heterocycles. The molecule has 0 spiro atoms. The molecule has 138 valence electrons. The molecule has 0 saturated carbocycles. The normalized spacial score (nSPS) is 14.4. The van der Waals surface area contributed by atoms with Crippen molar-refractivity contribution in [1.82, 2.24) is 15.1 Å². The number of benzene rings is 2. The number of anilines is 1. The van der Waals surface area contributed by atoms with Crippen LogP contribution in [-0.2, 0) is 0 Å². The number of rotatable bonds is 3. The molecular formula is C19H16ClFN4O2. The smallest absolute Gasteiger partial charge is 0.311 e. The predicted octanol–water partition coefficient (Wildman–Crippen LogP) is 3.49. The predicted molar refractivity (Wildman–Crippen MR) is 99.3 cm³/mol. The Morgan fingerprint density at radius 2 is 1.63 bits per heavy atom. The highest BCUT2D eigenvalue weighted by molar-refractivity contribution is 6.30. The van der Waals surface area contributed by atoms with Crippen molar-refractivity contribution >= 4 is 23.2 Å². The SMILES string of the molecule is O=C(c1nnc(-c2ccc(Cl)cc2)o1)N1CCN(c2ccc(F)cc2)CC1. The van der Waals surface area contributed by atoms with Gasteiger partial charge in [0.05, 0.1) is 0 Å². The van der Waals surface area contributed by atoms with E-state index in [9.17, 15) is 9.18 Å². The molecule has 0 bridgehead atoms. The number of aromatic nitrogens is 2. The summed E-state index contributed by atoms with van der Waals surface area (Å²) in [6.07, 6.45) is 0. The summed E-state index contributed by atoms with van der Waals surface area (Å²) in [5.41, 5.74) is 1.64. The van der Waals surface area contributed by atoms with Gasteiger partial charge in [-0.3, -0.25) is 4.79 Å². The van der Waals surface area contributed by atoms with Crippen LogP contribution in [0, 0.1) is 5.82 Å². The van der Waals surface area contributed by atoms with Crippen LogP contribution in [0.3, 0.4) is 0 Å². The third-order valence-electron chi connectivity index (χ3n) is 4.46. The van der Waals surface area contributed by atoms with E-state index in [1.54, 1.807) is 41.3 Å². The van der Waals surface area contributed by atoms with Gasteiger partial charge in [0.25, 0.3) is 0 Å². The fourth-order valence-corrected chi connectivity index (χ4v) is 3.10. The molecule has 4 rings (SSSR count). The van der Waals surface area contributed by atoms with Gasteiger partial charge in [-0.15, -0.1) is 10.2 Å². The summed E-state index contributed by atoms with van der Waals surface area (Å²) in [5.74, 6) is -0.308. The first-order chi connectivity index (χ1) is 13.1. The summed E-state index contributed by atoms with van der Waals surface area (Å²) in [7, 11) is 0. The average molecular weight is 387 g/mol. The van der Waals surface area contributed by atoms with Crippen molar-refractivity contribution in [3.63, 3.8) is 0 Å². The van der Waals surface area contributed by atoms with Crippen molar-refractivity contribution in [3.8, 4) is 11.5 Å². The second-order valence-corrected chi connectivity index (χ2v) is 6.61. The summed E-state index contributed by atoms with van der Waals surface area (Å²) >= 11 is 5.87. The van der Waals surface area contributed by atoms with Crippen LogP contribution in [0.15, 0.2) is 52.9 Å². The van der Waals surface area contributed by atoms with Crippen molar-refractivity contribution < 1.29 is 13.6 Å². The first kappa shape index (κ1) is 17.5. The summed E-state index contributed by atoms with van der Waals surface area (Å²) in [5, 5.41) is 8.44. The lowest BCUT2D eigenvalue weighted by molar-refractivity contribution is 0.0707. The average Bonchev–Trinajstić information content (AvgIpc) is 3.19. The lowest BCUT2D eigenvalue weighted by Gasteiger charge is -2.35. The van der Waals surface area contributed by atoms with Gasteiger partial charge in [-0.05, 0) is 48.5 Å². The van der Waals surface area contributed by atoms with Crippen LogP contribution in [0.2, 0.25) is 5.02 Å². The zero-order valence-electron chi connectivity index (χ0n) is 14.3. The molecule has 1 aliphatic rings. The van der Waals surface area contributed by atoms with Gasteiger partial charge >= 0.3 is 11.8 Å². The molecule has 2 heterocycles. The van der Waals surface area contributed by atoms with Crippen LogP contribution in [0.4, 0.5) is 10.1 Å².